The van der Waals surface area contributed by atoms with Crippen molar-refractivity contribution in [2.75, 3.05) is 12.0 Å². The van der Waals surface area contributed by atoms with E-state index in [-0.39, 0.29) is 12.4 Å². The van der Waals surface area contributed by atoms with Crippen LogP contribution in [0.2, 0.25) is 0 Å². The minimum Gasteiger partial charge on any atom is -0.480 e. The third-order valence-corrected chi connectivity index (χ3v) is 4.95. The Morgan fingerprint density at radius 3 is 2.31 bits per heavy atom. The number of guanidine groups is 1. The third-order valence-electron chi connectivity index (χ3n) is 4.95. The molecule has 9 N–H and O–H groups in total. The third kappa shape index (κ3) is 10.3. The van der Waals surface area contributed by atoms with Crippen LogP contribution < -0.4 is 22.6 Å². The lowest BCUT2D eigenvalue weighted by molar-refractivity contribution is -0.145. The van der Waals surface area contributed by atoms with Gasteiger partial charge in [-0.3, -0.25) is 20.0 Å². The van der Waals surface area contributed by atoms with Crippen molar-refractivity contribution in [1.82, 2.24) is 0 Å². The molecule has 194 valence electrons. The molecule has 0 spiro atoms. The highest BCUT2D eigenvalue weighted by Gasteiger charge is 2.39. The van der Waals surface area contributed by atoms with E-state index in [1.165, 1.54) is 0 Å². The molecule has 2 aromatic rings. The molecular formula is C24H33N7O5. The summed E-state index contributed by atoms with van der Waals surface area (Å²) in [6.07, 6.45) is 1.21. The second-order valence-corrected chi connectivity index (χ2v) is 8.03. The molecule has 0 aliphatic rings. The lowest BCUT2D eigenvalue weighted by Crippen LogP contribution is -2.40. The highest BCUT2D eigenvalue weighted by atomic mass is 16.4. The van der Waals surface area contributed by atoms with E-state index in [0.717, 1.165) is 11.1 Å². The van der Waals surface area contributed by atoms with Gasteiger partial charge in [0.1, 0.15) is 6.04 Å². The predicted octanol–water partition coefficient (Wildman–Crippen LogP) is 1.80. The van der Waals surface area contributed by atoms with Crippen molar-refractivity contribution < 1.29 is 24.6 Å². The summed E-state index contributed by atoms with van der Waals surface area (Å²) in [5, 5.41) is 25.4. The van der Waals surface area contributed by atoms with Crippen LogP contribution in [0.15, 0.2) is 63.9 Å². The number of hydrogen-bond acceptors (Lipinski definition) is 7. The van der Waals surface area contributed by atoms with E-state index >= 15 is 0 Å². The van der Waals surface area contributed by atoms with Crippen molar-refractivity contribution in [3.8, 4) is 0 Å². The molecule has 0 amide bonds. The lowest BCUT2D eigenvalue weighted by atomic mass is 9.93. The Kier molecular flexibility index (Phi) is 12.2. The van der Waals surface area contributed by atoms with Crippen LogP contribution >= 0.6 is 0 Å². The van der Waals surface area contributed by atoms with Gasteiger partial charge in [-0.1, -0.05) is 53.3 Å². The summed E-state index contributed by atoms with van der Waals surface area (Å²) in [6, 6.07) is 13.7. The Hall–Kier alpha value is -4.32. The van der Waals surface area contributed by atoms with Crippen molar-refractivity contribution in [3.05, 3.63) is 65.2 Å². The van der Waals surface area contributed by atoms with Gasteiger partial charge in [-0.05, 0) is 43.9 Å². The summed E-state index contributed by atoms with van der Waals surface area (Å²) >= 11 is 0. The molecule has 0 unspecified atom stereocenters. The SMILES string of the molecule is Cc1ccc(NN=N[C@@](C=O)(Cc2ccccc2)C(=O)O)c(C)c1.NC(N)=NCCC[C@H](N)C(=O)O. The number of aldehydes is 1. The van der Waals surface area contributed by atoms with Crippen LogP contribution in [-0.4, -0.2) is 52.5 Å². The van der Waals surface area contributed by atoms with Crippen LogP contribution in [0.25, 0.3) is 0 Å². The Labute approximate surface area is 209 Å². The van der Waals surface area contributed by atoms with Gasteiger partial charge in [-0.2, -0.15) is 0 Å². The van der Waals surface area contributed by atoms with Crippen LogP contribution in [0.5, 0.6) is 0 Å². The molecular weight excluding hydrogens is 466 g/mol. The van der Waals surface area contributed by atoms with Crippen LogP contribution in [0.1, 0.15) is 29.5 Å². The second kappa shape index (κ2) is 14.8. The monoisotopic (exact) mass is 499 g/mol. The average Bonchev–Trinajstić information content (AvgIpc) is 2.83. The van der Waals surface area contributed by atoms with Gasteiger partial charge in [0.05, 0.1) is 5.69 Å². The van der Waals surface area contributed by atoms with Gasteiger partial charge in [0, 0.05) is 13.0 Å². The molecule has 0 bridgehead atoms. The van der Waals surface area contributed by atoms with Crippen molar-refractivity contribution in [1.29, 1.82) is 0 Å². The molecule has 2 aromatic carbocycles. The maximum atomic E-state index is 11.6. The standard InChI is InChI=1S/C18H19N3O3.C6H14N4O2/c1-13-8-9-16(14(2)10-13)19-21-20-18(12-22,17(23)24)11-15-6-4-3-5-7-15;7-4(5(11)12)2-1-3-10-6(8)9/h3-10,12H,11H2,1-2H3,(H,19,20)(H,23,24);4H,1-3,7H2,(H,11,12)(H4,8,9,10)/t18-;4-/m10/s1. The second-order valence-electron chi connectivity index (χ2n) is 8.03. The number of nitrogens with two attached hydrogens (primary N) is 3. The molecule has 12 nitrogen and oxygen atoms in total. The number of anilines is 1. The summed E-state index contributed by atoms with van der Waals surface area (Å²) < 4.78 is 0. The number of hydrogen-bond donors (Lipinski definition) is 6. The number of aliphatic carboxylic acids is 2. The molecule has 0 fully saturated rings. The average molecular weight is 500 g/mol. The van der Waals surface area contributed by atoms with Gasteiger partial charge < -0.3 is 27.4 Å². The topological polar surface area (TPSA) is 219 Å². The van der Waals surface area contributed by atoms with Crippen LogP contribution in [0, 0.1) is 13.8 Å². The minimum atomic E-state index is -1.95. The highest BCUT2D eigenvalue weighted by Crippen LogP contribution is 2.19. The molecule has 0 saturated heterocycles. The first-order valence-corrected chi connectivity index (χ1v) is 11.0. The zero-order valence-electron chi connectivity index (χ0n) is 20.3. The Morgan fingerprint density at radius 2 is 1.78 bits per heavy atom. The van der Waals surface area contributed by atoms with Gasteiger partial charge in [0.15, 0.2) is 12.2 Å². The normalized spacial score (nSPS) is 13.0. The van der Waals surface area contributed by atoms with Gasteiger partial charge in [0.25, 0.3) is 0 Å². The Bertz CT molecular complexity index is 1070. The zero-order valence-corrected chi connectivity index (χ0v) is 20.3. The fourth-order valence-corrected chi connectivity index (χ4v) is 2.93. The van der Waals surface area contributed by atoms with E-state index in [1.54, 1.807) is 24.3 Å². The predicted molar refractivity (Wildman–Crippen MR) is 136 cm³/mol. The van der Waals surface area contributed by atoms with Gasteiger partial charge in [-0.15, -0.1) is 5.11 Å². The van der Waals surface area contributed by atoms with E-state index in [1.807, 2.05) is 38.1 Å². The van der Waals surface area contributed by atoms with Crippen LogP contribution in [0.3, 0.4) is 0 Å². The zero-order chi connectivity index (χ0) is 27.1. The number of carbonyl (C=O) groups is 3. The fourth-order valence-electron chi connectivity index (χ4n) is 2.93. The van der Waals surface area contributed by atoms with Crippen molar-refractivity contribution in [3.63, 3.8) is 0 Å². The molecule has 0 aromatic heterocycles. The van der Waals surface area contributed by atoms with E-state index in [0.29, 0.717) is 36.9 Å². The molecule has 0 aliphatic heterocycles. The summed E-state index contributed by atoms with van der Waals surface area (Å²) in [6.45, 7) is 4.29. The van der Waals surface area contributed by atoms with Crippen LogP contribution in [-0.2, 0) is 20.8 Å². The van der Waals surface area contributed by atoms with Gasteiger partial charge >= 0.3 is 11.9 Å². The number of aryl methyl sites for hydroxylation is 2. The number of nitrogens with one attached hydrogen (secondary N) is 1. The molecule has 36 heavy (non-hydrogen) atoms. The smallest absolute Gasteiger partial charge is 0.341 e. The maximum Gasteiger partial charge on any atom is 0.341 e. The quantitative estimate of drug-likeness (QED) is 0.0476. The van der Waals surface area contributed by atoms with Crippen molar-refractivity contribution >= 4 is 29.9 Å². The maximum absolute atomic E-state index is 11.6. The number of carboxylic acid groups (broad SMARTS) is 2. The Balaban J connectivity index is 0.000000457. The number of benzene rings is 2. The number of nitrogens with zero attached hydrogens (tertiary/aromatic N) is 3. The van der Waals surface area contributed by atoms with Crippen LogP contribution in [0.4, 0.5) is 5.69 Å². The number of aliphatic imine (C=N–C) groups is 1. The highest BCUT2D eigenvalue weighted by molar-refractivity contribution is 5.97. The molecule has 0 heterocycles. The first-order valence-electron chi connectivity index (χ1n) is 11.0. The van der Waals surface area contributed by atoms with Crippen molar-refractivity contribution in [2.45, 2.75) is 44.7 Å². The Morgan fingerprint density at radius 1 is 1.11 bits per heavy atom. The largest absolute Gasteiger partial charge is 0.480 e. The summed E-state index contributed by atoms with van der Waals surface area (Å²) in [4.78, 5) is 37.0. The number of carboxylic acids is 2. The fraction of sp³-hybridized carbons (Fsp3) is 0.333. The summed E-state index contributed by atoms with van der Waals surface area (Å²) in [5.41, 5.74) is 19.5. The number of rotatable bonds is 12. The first kappa shape index (κ1) is 29.7. The summed E-state index contributed by atoms with van der Waals surface area (Å²) in [5.74, 6) is -2.33. The van der Waals surface area contributed by atoms with Crippen molar-refractivity contribution in [2.24, 2.45) is 32.5 Å². The lowest BCUT2D eigenvalue weighted by Gasteiger charge is -2.17. The van der Waals surface area contributed by atoms with E-state index in [9.17, 15) is 19.5 Å². The first-order chi connectivity index (χ1) is 17.0. The van der Waals surface area contributed by atoms with E-state index < -0.39 is 23.5 Å². The minimum absolute atomic E-state index is 0.0129. The molecule has 0 saturated carbocycles. The summed E-state index contributed by atoms with van der Waals surface area (Å²) in [7, 11) is 0. The van der Waals surface area contributed by atoms with Gasteiger partial charge in [0.2, 0.25) is 5.54 Å². The molecule has 12 heteroatoms. The van der Waals surface area contributed by atoms with Gasteiger partial charge in [-0.25, -0.2) is 4.79 Å². The molecule has 2 rings (SSSR count). The number of carbonyl (C=O) groups excluding carboxylic acids is 1. The van der Waals surface area contributed by atoms with E-state index in [2.05, 4.69) is 20.8 Å². The molecule has 0 radical (unpaired) electrons. The van der Waals surface area contributed by atoms with E-state index in [4.69, 9.17) is 22.3 Å². The molecule has 2 atom stereocenters. The molecule has 0 aliphatic carbocycles.